The van der Waals surface area contributed by atoms with Gasteiger partial charge in [0.2, 0.25) is 0 Å². The molecule has 0 aromatic carbocycles. The van der Waals surface area contributed by atoms with Crippen LogP contribution in [-0.4, -0.2) is 44.3 Å². The highest BCUT2D eigenvalue weighted by atomic mass is 16.4. The minimum atomic E-state index is -1.20. The van der Waals surface area contributed by atoms with Gasteiger partial charge in [-0.1, -0.05) is 13.8 Å². The van der Waals surface area contributed by atoms with Crippen LogP contribution in [0.15, 0.2) is 0 Å². The molecule has 0 bridgehead atoms. The van der Waals surface area contributed by atoms with Crippen molar-refractivity contribution in [1.29, 1.82) is 0 Å². The van der Waals surface area contributed by atoms with Crippen molar-refractivity contribution < 1.29 is 39.6 Å². The fourth-order valence-corrected chi connectivity index (χ4v) is 4.96. The second-order valence-electron chi connectivity index (χ2n) is 7.13. The molecule has 0 aromatic rings. The molecule has 0 saturated heterocycles. The van der Waals surface area contributed by atoms with Crippen LogP contribution in [0.4, 0.5) is 0 Å². The highest BCUT2D eigenvalue weighted by Gasteiger charge is 2.57. The van der Waals surface area contributed by atoms with E-state index < -0.39 is 59.4 Å². The van der Waals surface area contributed by atoms with E-state index in [0.29, 0.717) is 0 Å². The molecular formula is C16H22O8. The van der Waals surface area contributed by atoms with Crippen molar-refractivity contribution in [3.63, 3.8) is 0 Å². The number of aliphatic carboxylic acids is 4. The summed E-state index contributed by atoms with van der Waals surface area (Å²) in [5, 5.41) is 37.6. The minimum Gasteiger partial charge on any atom is -0.481 e. The van der Waals surface area contributed by atoms with Crippen LogP contribution in [0.2, 0.25) is 0 Å². The highest BCUT2D eigenvalue weighted by Crippen LogP contribution is 2.54. The smallest absolute Gasteiger partial charge is 0.307 e. The van der Waals surface area contributed by atoms with Crippen molar-refractivity contribution in [2.75, 3.05) is 0 Å². The molecule has 8 unspecified atom stereocenters. The third-order valence-electron chi connectivity index (χ3n) is 6.16. The van der Waals surface area contributed by atoms with Gasteiger partial charge in [-0.25, -0.2) is 0 Å². The van der Waals surface area contributed by atoms with E-state index in [1.165, 1.54) is 0 Å². The second-order valence-corrected chi connectivity index (χ2v) is 7.13. The fourth-order valence-electron chi connectivity index (χ4n) is 4.96. The molecule has 8 nitrogen and oxygen atoms in total. The van der Waals surface area contributed by atoms with E-state index >= 15 is 0 Å². The highest BCUT2D eigenvalue weighted by molar-refractivity contribution is 5.82. The first-order valence-electron chi connectivity index (χ1n) is 7.99. The van der Waals surface area contributed by atoms with Crippen LogP contribution in [0.25, 0.3) is 0 Å². The van der Waals surface area contributed by atoms with Gasteiger partial charge in [0, 0.05) is 0 Å². The Balaban J connectivity index is 2.42. The van der Waals surface area contributed by atoms with E-state index in [9.17, 15) is 39.6 Å². The summed E-state index contributed by atoms with van der Waals surface area (Å²) >= 11 is 0. The molecular weight excluding hydrogens is 320 g/mol. The van der Waals surface area contributed by atoms with Crippen LogP contribution in [-0.2, 0) is 19.2 Å². The molecule has 0 aliphatic heterocycles. The van der Waals surface area contributed by atoms with Gasteiger partial charge in [-0.3, -0.25) is 19.2 Å². The van der Waals surface area contributed by atoms with Gasteiger partial charge in [-0.15, -0.1) is 0 Å². The lowest BCUT2D eigenvalue weighted by Crippen LogP contribution is -2.54. The van der Waals surface area contributed by atoms with Crippen molar-refractivity contribution in [3.05, 3.63) is 0 Å². The van der Waals surface area contributed by atoms with Crippen molar-refractivity contribution in [1.82, 2.24) is 0 Å². The molecule has 134 valence electrons. The van der Waals surface area contributed by atoms with Crippen LogP contribution in [0, 0.1) is 47.3 Å². The van der Waals surface area contributed by atoms with Gasteiger partial charge < -0.3 is 20.4 Å². The summed E-state index contributed by atoms with van der Waals surface area (Å²) < 4.78 is 0. The number of carbonyl (C=O) groups is 4. The number of carboxylic acid groups (broad SMARTS) is 4. The first kappa shape index (κ1) is 18.2. The predicted molar refractivity (Wildman–Crippen MR) is 79.0 cm³/mol. The molecule has 0 amide bonds. The van der Waals surface area contributed by atoms with Crippen molar-refractivity contribution in [2.45, 2.75) is 26.7 Å². The third kappa shape index (κ3) is 2.85. The molecule has 0 aromatic heterocycles. The lowest BCUT2D eigenvalue weighted by Gasteiger charge is -2.51. The van der Waals surface area contributed by atoms with Crippen LogP contribution >= 0.6 is 0 Å². The lowest BCUT2D eigenvalue weighted by molar-refractivity contribution is -0.175. The Morgan fingerprint density at radius 3 is 1.12 bits per heavy atom. The van der Waals surface area contributed by atoms with E-state index in [0.717, 1.165) is 0 Å². The summed E-state index contributed by atoms with van der Waals surface area (Å²) in [6.45, 7) is 3.27. The first-order valence-corrected chi connectivity index (χ1v) is 7.99. The topological polar surface area (TPSA) is 149 Å². The van der Waals surface area contributed by atoms with Crippen LogP contribution in [0.3, 0.4) is 0 Å². The molecule has 2 fully saturated rings. The Morgan fingerprint density at radius 2 is 0.917 bits per heavy atom. The third-order valence-corrected chi connectivity index (χ3v) is 6.16. The average molecular weight is 342 g/mol. The number of fused-ring (bicyclic) bond motifs is 1. The summed E-state index contributed by atoms with van der Waals surface area (Å²) in [6.07, 6.45) is 0.136. The minimum absolute atomic E-state index is 0.0680. The van der Waals surface area contributed by atoms with Crippen molar-refractivity contribution in [3.8, 4) is 0 Å². The SMILES string of the molecule is CC1C2CC(C(=O)O)C(C(=O)O)CC2C(C)C(C(=O)O)C1C(=O)O. The van der Waals surface area contributed by atoms with Gasteiger partial charge in [0.25, 0.3) is 0 Å². The van der Waals surface area contributed by atoms with Crippen molar-refractivity contribution in [2.24, 2.45) is 47.3 Å². The summed E-state index contributed by atoms with van der Waals surface area (Å²) in [6, 6.07) is 0. The van der Waals surface area contributed by atoms with Crippen LogP contribution < -0.4 is 0 Å². The zero-order valence-electron chi connectivity index (χ0n) is 13.5. The Morgan fingerprint density at radius 1 is 0.625 bits per heavy atom. The fraction of sp³-hybridized carbons (Fsp3) is 0.750. The largest absolute Gasteiger partial charge is 0.481 e. The van der Waals surface area contributed by atoms with Crippen LogP contribution in [0.5, 0.6) is 0 Å². The molecule has 0 heterocycles. The molecule has 0 radical (unpaired) electrons. The standard InChI is InChI=1S/C16H22O8/c1-5-7-3-9(13(17)18)10(14(19)20)4-8(7)6(2)12(16(23)24)11(5)15(21)22/h5-12H,3-4H2,1-2H3,(H,17,18)(H,19,20)(H,21,22)(H,23,24). The van der Waals surface area contributed by atoms with Gasteiger partial charge in [0.05, 0.1) is 23.7 Å². The maximum atomic E-state index is 11.6. The zero-order chi connectivity index (χ0) is 18.3. The maximum absolute atomic E-state index is 11.6. The summed E-state index contributed by atoms with van der Waals surface area (Å²) in [4.78, 5) is 46.1. The Hall–Kier alpha value is -2.12. The molecule has 2 saturated carbocycles. The van der Waals surface area contributed by atoms with Gasteiger partial charge >= 0.3 is 23.9 Å². The van der Waals surface area contributed by atoms with Crippen LogP contribution in [0.1, 0.15) is 26.7 Å². The Bertz CT molecular complexity index is 520. The van der Waals surface area contributed by atoms with Gasteiger partial charge in [-0.2, -0.15) is 0 Å². The average Bonchev–Trinajstić information content (AvgIpc) is 2.48. The molecule has 4 N–H and O–H groups in total. The molecule has 8 atom stereocenters. The molecule has 2 aliphatic carbocycles. The zero-order valence-corrected chi connectivity index (χ0v) is 13.5. The van der Waals surface area contributed by atoms with E-state index in [-0.39, 0.29) is 24.7 Å². The van der Waals surface area contributed by atoms with Gasteiger partial charge in [0.1, 0.15) is 0 Å². The Labute approximate surface area is 138 Å². The number of carboxylic acids is 4. The van der Waals surface area contributed by atoms with Crippen molar-refractivity contribution >= 4 is 23.9 Å². The summed E-state index contributed by atoms with van der Waals surface area (Å²) in [5.74, 6) is -10.8. The van der Waals surface area contributed by atoms with E-state index in [1.807, 2.05) is 0 Å². The maximum Gasteiger partial charge on any atom is 0.307 e. The number of hydrogen-bond donors (Lipinski definition) is 4. The van der Waals surface area contributed by atoms with Gasteiger partial charge in [-0.05, 0) is 36.5 Å². The summed E-state index contributed by atoms with van der Waals surface area (Å²) in [7, 11) is 0. The molecule has 8 heteroatoms. The van der Waals surface area contributed by atoms with E-state index in [2.05, 4.69) is 0 Å². The predicted octanol–water partition coefficient (Wildman–Crippen LogP) is 1.10. The summed E-state index contributed by atoms with van der Waals surface area (Å²) in [5.41, 5.74) is 0. The molecule has 24 heavy (non-hydrogen) atoms. The number of rotatable bonds is 4. The Kier molecular flexibility index (Phi) is 4.87. The first-order chi connectivity index (χ1) is 11.1. The molecule has 2 aliphatic rings. The number of hydrogen-bond acceptors (Lipinski definition) is 4. The van der Waals surface area contributed by atoms with E-state index in [4.69, 9.17) is 0 Å². The van der Waals surface area contributed by atoms with E-state index in [1.54, 1.807) is 13.8 Å². The van der Waals surface area contributed by atoms with Gasteiger partial charge in [0.15, 0.2) is 0 Å². The second kappa shape index (κ2) is 6.41. The normalized spacial score (nSPS) is 41.9. The monoisotopic (exact) mass is 342 g/mol. The molecule has 2 rings (SSSR count). The lowest BCUT2D eigenvalue weighted by atomic mass is 9.51. The quantitative estimate of drug-likeness (QED) is 0.593. The molecule has 0 spiro atoms.